The molecule has 1 fully saturated rings. The Balaban J connectivity index is 1.56. The molecule has 1 aromatic carbocycles. The topological polar surface area (TPSA) is 84.7 Å². The molecule has 4 rings (SSSR count). The van der Waals surface area contributed by atoms with Gasteiger partial charge in [-0.15, -0.1) is 11.3 Å². The Morgan fingerprint density at radius 3 is 2.70 bits per heavy atom. The lowest BCUT2D eigenvalue weighted by Crippen LogP contribution is -2.40. The van der Waals surface area contributed by atoms with Crippen LogP contribution in [0.15, 0.2) is 52.5 Å². The Labute approximate surface area is 159 Å². The number of imide groups is 1. The summed E-state index contributed by atoms with van der Waals surface area (Å²) in [5.74, 6) is 0.822. The second-order valence-corrected chi connectivity index (χ2v) is 7.24. The fraction of sp³-hybridized carbons (Fsp3) is 0.211. The van der Waals surface area contributed by atoms with Crippen molar-refractivity contribution in [1.82, 2.24) is 15.2 Å². The second kappa shape index (κ2) is 6.55. The predicted octanol–water partition coefficient (Wildman–Crippen LogP) is 3.38. The van der Waals surface area contributed by atoms with Crippen LogP contribution in [0, 0.1) is 0 Å². The number of rotatable bonds is 5. The summed E-state index contributed by atoms with van der Waals surface area (Å²) in [5, 5.41) is 4.71. The van der Waals surface area contributed by atoms with Crippen LogP contribution in [0.4, 0.5) is 4.79 Å². The van der Waals surface area contributed by atoms with Crippen molar-refractivity contribution >= 4 is 23.3 Å². The highest BCUT2D eigenvalue weighted by Crippen LogP contribution is 2.31. The molecule has 1 saturated heterocycles. The molecule has 1 aliphatic rings. The first-order valence-corrected chi connectivity index (χ1v) is 9.16. The van der Waals surface area contributed by atoms with Crippen LogP contribution in [-0.4, -0.2) is 28.9 Å². The van der Waals surface area contributed by atoms with E-state index in [0.29, 0.717) is 22.9 Å². The lowest BCUT2D eigenvalue weighted by atomic mass is 9.92. The van der Waals surface area contributed by atoms with Gasteiger partial charge in [0, 0.05) is 0 Å². The van der Waals surface area contributed by atoms with E-state index in [1.165, 1.54) is 17.6 Å². The summed E-state index contributed by atoms with van der Waals surface area (Å²) in [4.78, 5) is 31.9. The number of benzene rings is 1. The number of amides is 3. The van der Waals surface area contributed by atoms with E-state index in [0.717, 1.165) is 9.78 Å². The van der Waals surface area contributed by atoms with Gasteiger partial charge in [-0.3, -0.25) is 9.69 Å². The summed E-state index contributed by atoms with van der Waals surface area (Å²) in [6, 6.07) is 10.4. The van der Waals surface area contributed by atoms with Gasteiger partial charge in [0.05, 0.1) is 24.2 Å². The molecule has 138 valence electrons. The minimum atomic E-state index is -1.14. The van der Waals surface area contributed by atoms with Crippen LogP contribution >= 0.6 is 11.3 Å². The Bertz CT molecular complexity index is 981. The fourth-order valence-electron chi connectivity index (χ4n) is 3.02. The van der Waals surface area contributed by atoms with Gasteiger partial charge in [-0.2, -0.15) is 0 Å². The zero-order valence-electron chi connectivity index (χ0n) is 14.8. The minimum absolute atomic E-state index is 0.0469. The molecular formula is C19H17N3O4S. The number of nitrogens with zero attached hydrogens (tertiary/aromatic N) is 2. The van der Waals surface area contributed by atoms with Crippen molar-refractivity contribution in [1.29, 1.82) is 0 Å². The maximum absolute atomic E-state index is 13.0. The van der Waals surface area contributed by atoms with Crippen molar-refractivity contribution in [3.63, 3.8) is 0 Å². The SMILES string of the molecule is COc1ccc(C2(C)NC(=O)N(Cc3coc(-c4cccs4)n3)C2=O)cc1. The normalized spacial score (nSPS) is 19.4. The van der Waals surface area contributed by atoms with Crippen LogP contribution < -0.4 is 10.1 Å². The number of carbonyl (C=O) groups is 2. The first-order chi connectivity index (χ1) is 13.0. The molecule has 1 atom stereocenters. The predicted molar refractivity (Wildman–Crippen MR) is 99.2 cm³/mol. The molecule has 1 aliphatic heterocycles. The smallest absolute Gasteiger partial charge is 0.325 e. The van der Waals surface area contributed by atoms with Gasteiger partial charge >= 0.3 is 6.03 Å². The molecule has 0 spiro atoms. The van der Waals surface area contributed by atoms with Crippen LogP contribution in [0.25, 0.3) is 10.8 Å². The number of carbonyl (C=O) groups excluding carboxylic acids is 2. The fourth-order valence-corrected chi connectivity index (χ4v) is 3.67. The number of hydrogen-bond acceptors (Lipinski definition) is 6. The van der Waals surface area contributed by atoms with Crippen molar-refractivity contribution in [3.8, 4) is 16.5 Å². The highest BCUT2D eigenvalue weighted by molar-refractivity contribution is 7.13. The maximum Gasteiger partial charge on any atom is 0.325 e. The summed E-state index contributed by atoms with van der Waals surface area (Å²) in [7, 11) is 1.57. The molecule has 3 heterocycles. The Morgan fingerprint density at radius 1 is 1.26 bits per heavy atom. The van der Waals surface area contributed by atoms with E-state index in [9.17, 15) is 9.59 Å². The Morgan fingerprint density at radius 2 is 2.04 bits per heavy atom. The summed E-state index contributed by atoms with van der Waals surface area (Å²) in [5.41, 5.74) is 0.0633. The van der Waals surface area contributed by atoms with E-state index in [1.807, 2.05) is 17.5 Å². The lowest BCUT2D eigenvalue weighted by molar-refractivity contribution is -0.131. The first-order valence-electron chi connectivity index (χ1n) is 8.28. The third-order valence-corrected chi connectivity index (χ3v) is 5.40. The van der Waals surface area contributed by atoms with Gasteiger partial charge in [0.1, 0.15) is 17.6 Å². The summed E-state index contributed by atoms with van der Waals surface area (Å²) >= 11 is 1.51. The molecule has 27 heavy (non-hydrogen) atoms. The minimum Gasteiger partial charge on any atom is -0.497 e. The van der Waals surface area contributed by atoms with E-state index in [4.69, 9.17) is 9.15 Å². The molecule has 0 aliphatic carbocycles. The molecule has 0 saturated carbocycles. The maximum atomic E-state index is 13.0. The highest BCUT2D eigenvalue weighted by atomic mass is 32.1. The number of oxazole rings is 1. The number of thiophene rings is 1. The second-order valence-electron chi connectivity index (χ2n) is 6.30. The van der Waals surface area contributed by atoms with Gasteiger partial charge in [0.25, 0.3) is 5.91 Å². The van der Waals surface area contributed by atoms with E-state index in [1.54, 1.807) is 38.3 Å². The van der Waals surface area contributed by atoms with E-state index in [-0.39, 0.29) is 12.5 Å². The standard InChI is InChI=1S/C19H17N3O4S/c1-19(12-5-7-14(25-2)8-6-12)17(23)22(18(24)21-19)10-13-11-26-16(20-13)15-4-3-9-27-15/h3-9,11H,10H2,1-2H3,(H,21,24). The average Bonchev–Trinajstić information content (AvgIpc) is 3.40. The van der Waals surface area contributed by atoms with Crippen LogP contribution in [0.5, 0.6) is 5.75 Å². The number of ether oxygens (including phenoxy) is 1. The van der Waals surface area contributed by atoms with Crippen molar-refractivity contribution in [2.75, 3.05) is 7.11 Å². The molecule has 3 amide bonds. The van der Waals surface area contributed by atoms with E-state index in [2.05, 4.69) is 10.3 Å². The summed E-state index contributed by atoms with van der Waals surface area (Å²) in [6.45, 7) is 1.74. The number of nitrogens with one attached hydrogen (secondary N) is 1. The largest absolute Gasteiger partial charge is 0.497 e. The van der Waals surface area contributed by atoms with E-state index < -0.39 is 11.6 Å². The van der Waals surface area contributed by atoms with Gasteiger partial charge in [0.2, 0.25) is 5.89 Å². The Kier molecular flexibility index (Phi) is 4.19. The van der Waals surface area contributed by atoms with Gasteiger partial charge < -0.3 is 14.5 Å². The van der Waals surface area contributed by atoms with Gasteiger partial charge in [-0.05, 0) is 36.1 Å². The number of aromatic nitrogens is 1. The molecule has 1 unspecified atom stereocenters. The Hall–Kier alpha value is -3.13. The average molecular weight is 383 g/mol. The van der Waals surface area contributed by atoms with Crippen molar-refractivity contribution < 1.29 is 18.7 Å². The van der Waals surface area contributed by atoms with Gasteiger partial charge in [-0.1, -0.05) is 18.2 Å². The quantitative estimate of drug-likeness (QED) is 0.683. The summed E-state index contributed by atoms with van der Waals surface area (Å²) in [6.07, 6.45) is 1.47. The molecule has 2 aromatic heterocycles. The van der Waals surface area contributed by atoms with Crippen molar-refractivity contribution in [2.45, 2.75) is 19.0 Å². The third-order valence-electron chi connectivity index (χ3n) is 4.55. The van der Waals surface area contributed by atoms with E-state index >= 15 is 0 Å². The zero-order chi connectivity index (χ0) is 19.0. The molecule has 7 nitrogen and oxygen atoms in total. The van der Waals surface area contributed by atoms with Crippen molar-refractivity contribution in [3.05, 3.63) is 59.3 Å². The summed E-state index contributed by atoms with van der Waals surface area (Å²) < 4.78 is 10.6. The van der Waals surface area contributed by atoms with Gasteiger partial charge in [0.15, 0.2) is 0 Å². The van der Waals surface area contributed by atoms with Gasteiger partial charge in [-0.25, -0.2) is 9.78 Å². The lowest BCUT2D eigenvalue weighted by Gasteiger charge is -2.22. The molecule has 3 aromatic rings. The zero-order valence-corrected chi connectivity index (χ0v) is 15.6. The number of methoxy groups -OCH3 is 1. The van der Waals surface area contributed by atoms with Crippen LogP contribution in [0.3, 0.4) is 0 Å². The highest BCUT2D eigenvalue weighted by Gasteiger charge is 2.49. The first kappa shape index (κ1) is 17.3. The molecule has 1 N–H and O–H groups in total. The molecular weight excluding hydrogens is 366 g/mol. The number of hydrogen-bond donors (Lipinski definition) is 1. The van der Waals surface area contributed by atoms with Crippen LogP contribution in [0.1, 0.15) is 18.2 Å². The molecule has 0 radical (unpaired) electrons. The van der Waals surface area contributed by atoms with Crippen LogP contribution in [-0.2, 0) is 16.9 Å². The monoisotopic (exact) mass is 383 g/mol. The molecule has 0 bridgehead atoms. The number of urea groups is 1. The van der Waals surface area contributed by atoms with Crippen LogP contribution in [0.2, 0.25) is 0 Å². The van der Waals surface area contributed by atoms with Crippen molar-refractivity contribution in [2.24, 2.45) is 0 Å². The molecule has 8 heteroatoms. The third kappa shape index (κ3) is 2.97.